The first-order valence-corrected chi connectivity index (χ1v) is 7.57. The molecule has 0 aliphatic carbocycles. The minimum atomic E-state index is -0.563. The highest BCUT2D eigenvalue weighted by Crippen LogP contribution is 2.20. The zero-order valence-corrected chi connectivity index (χ0v) is 12.7. The fourth-order valence-corrected chi connectivity index (χ4v) is 2.85. The van der Waals surface area contributed by atoms with Gasteiger partial charge in [0.2, 0.25) is 5.95 Å². The van der Waals surface area contributed by atoms with Crippen LogP contribution in [0.1, 0.15) is 17.2 Å². The summed E-state index contributed by atoms with van der Waals surface area (Å²) in [5.41, 5.74) is 0.591. The SMILES string of the molecule is Fc1cc(N2CCn3c(Cc4ccccc4F)nnc3C2)ncn1. The number of halogens is 2. The maximum atomic E-state index is 13.8. The number of rotatable bonds is 3. The van der Waals surface area contributed by atoms with Crippen molar-refractivity contribution in [2.45, 2.75) is 19.5 Å². The molecule has 4 rings (SSSR count). The molecule has 0 saturated heterocycles. The van der Waals surface area contributed by atoms with Crippen molar-refractivity contribution in [3.63, 3.8) is 0 Å². The fraction of sp³-hybridized carbons (Fsp3) is 0.250. The molecule has 0 bridgehead atoms. The van der Waals surface area contributed by atoms with E-state index in [1.54, 1.807) is 18.2 Å². The molecule has 3 aromatic rings. The van der Waals surface area contributed by atoms with Gasteiger partial charge in [-0.1, -0.05) is 18.2 Å². The Morgan fingerprint density at radius 2 is 1.92 bits per heavy atom. The largest absolute Gasteiger partial charge is 0.347 e. The Morgan fingerprint density at radius 3 is 2.75 bits per heavy atom. The van der Waals surface area contributed by atoms with Crippen molar-refractivity contribution in [1.29, 1.82) is 0 Å². The van der Waals surface area contributed by atoms with Crippen LogP contribution in [0.4, 0.5) is 14.6 Å². The standard InChI is InChI=1S/C16H14F2N6/c17-12-4-2-1-3-11(12)7-15-21-22-16-9-23(5-6-24(15)16)14-8-13(18)19-10-20-14/h1-4,8,10H,5-7,9H2. The molecule has 24 heavy (non-hydrogen) atoms. The number of benzene rings is 1. The zero-order chi connectivity index (χ0) is 16.5. The molecule has 0 spiro atoms. The van der Waals surface area contributed by atoms with E-state index in [4.69, 9.17) is 0 Å². The Morgan fingerprint density at radius 1 is 1.04 bits per heavy atom. The first-order chi connectivity index (χ1) is 11.7. The average molecular weight is 328 g/mol. The molecular weight excluding hydrogens is 314 g/mol. The topological polar surface area (TPSA) is 59.7 Å². The number of anilines is 1. The molecule has 0 saturated carbocycles. The molecule has 8 heteroatoms. The van der Waals surface area contributed by atoms with Crippen LogP contribution < -0.4 is 4.90 Å². The van der Waals surface area contributed by atoms with Crippen molar-refractivity contribution < 1.29 is 8.78 Å². The summed E-state index contributed by atoms with van der Waals surface area (Å²) in [5, 5.41) is 8.39. The van der Waals surface area contributed by atoms with Crippen molar-refractivity contribution in [3.05, 3.63) is 65.6 Å². The second kappa shape index (κ2) is 5.95. The van der Waals surface area contributed by atoms with E-state index >= 15 is 0 Å². The zero-order valence-electron chi connectivity index (χ0n) is 12.7. The molecule has 0 fully saturated rings. The van der Waals surface area contributed by atoms with E-state index in [2.05, 4.69) is 20.2 Å². The molecular formula is C16H14F2N6. The summed E-state index contributed by atoms with van der Waals surface area (Å²) < 4.78 is 29.1. The highest BCUT2D eigenvalue weighted by Gasteiger charge is 2.22. The molecule has 0 radical (unpaired) electrons. The molecule has 1 aliphatic heterocycles. The van der Waals surface area contributed by atoms with Gasteiger partial charge in [-0.3, -0.25) is 0 Å². The summed E-state index contributed by atoms with van der Waals surface area (Å²) >= 11 is 0. The molecule has 0 amide bonds. The minimum Gasteiger partial charge on any atom is -0.347 e. The van der Waals surface area contributed by atoms with E-state index in [0.717, 1.165) is 11.6 Å². The Labute approximate surface area is 136 Å². The van der Waals surface area contributed by atoms with Crippen LogP contribution in [0, 0.1) is 11.8 Å². The predicted octanol–water partition coefficient (Wildman–Crippen LogP) is 1.96. The molecule has 3 heterocycles. The van der Waals surface area contributed by atoms with Crippen LogP contribution in [0.3, 0.4) is 0 Å². The number of hydrogen-bond acceptors (Lipinski definition) is 5. The smallest absolute Gasteiger partial charge is 0.218 e. The normalized spacial score (nSPS) is 13.8. The van der Waals surface area contributed by atoms with Gasteiger partial charge in [-0.15, -0.1) is 10.2 Å². The third kappa shape index (κ3) is 2.70. The fourth-order valence-electron chi connectivity index (χ4n) is 2.85. The van der Waals surface area contributed by atoms with E-state index in [1.807, 2.05) is 9.47 Å². The molecule has 6 nitrogen and oxygen atoms in total. The third-order valence-corrected chi connectivity index (χ3v) is 4.08. The van der Waals surface area contributed by atoms with Crippen LogP contribution in [0.25, 0.3) is 0 Å². The molecule has 0 atom stereocenters. The van der Waals surface area contributed by atoms with Gasteiger partial charge in [0.25, 0.3) is 0 Å². The molecule has 122 valence electrons. The predicted molar refractivity (Wildman–Crippen MR) is 82.3 cm³/mol. The first kappa shape index (κ1) is 14.7. The van der Waals surface area contributed by atoms with Crippen molar-refractivity contribution in [2.24, 2.45) is 0 Å². The van der Waals surface area contributed by atoms with Gasteiger partial charge in [-0.2, -0.15) is 4.39 Å². The van der Waals surface area contributed by atoms with Crippen LogP contribution in [0.5, 0.6) is 0 Å². The van der Waals surface area contributed by atoms with Crippen molar-refractivity contribution >= 4 is 5.82 Å². The highest BCUT2D eigenvalue weighted by molar-refractivity contribution is 5.38. The second-order valence-corrected chi connectivity index (χ2v) is 5.57. The maximum Gasteiger partial charge on any atom is 0.218 e. The molecule has 2 aromatic heterocycles. The molecule has 0 N–H and O–H groups in total. The van der Waals surface area contributed by atoms with Crippen molar-refractivity contribution in [3.8, 4) is 0 Å². The van der Waals surface area contributed by atoms with E-state index in [1.165, 1.54) is 18.5 Å². The lowest BCUT2D eigenvalue weighted by atomic mass is 10.1. The number of nitrogens with zero attached hydrogens (tertiary/aromatic N) is 6. The molecule has 1 aromatic carbocycles. The van der Waals surface area contributed by atoms with Crippen molar-refractivity contribution in [1.82, 2.24) is 24.7 Å². The van der Waals surface area contributed by atoms with Gasteiger partial charge in [0.1, 0.15) is 23.8 Å². The lowest BCUT2D eigenvalue weighted by Gasteiger charge is -2.28. The van der Waals surface area contributed by atoms with Gasteiger partial charge in [0, 0.05) is 25.6 Å². The van der Waals surface area contributed by atoms with E-state index in [-0.39, 0.29) is 5.82 Å². The van der Waals surface area contributed by atoms with Crippen LogP contribution in [0.15, 0.2) is 36.7 Å². The van der Waals surface area contributed by atoms with Gasteiger partial charge < -0.3 is 9.47 Å². The highest BCUT2D eigenvalue weighted by atomic mass is 19.1. The lowest BCUT2D eigenvalue weighted by molar-refractivity contribution is 0.534. The van der Waals surface area contributed by atoms with E-state index in [9.17, 15) is 8.78 Å². The lowest BCUT2D eigenvalue weighted by Crippen LogP contribution is -2.35. The third-order valence-electron chi connectivity index (χ3n) is 4.08. The van der Waals surface area contributed by atoms with Crippen LogP contribution in [-0.4, -0.2) is 31.3 Å². The number of fused-ring (bicyclic) bond motifs is 1. The van der Waals surface area contributed by atoms with Gasteiger partial charge in [0.15, 0.2) is 5.82 Å². The van der Waals surface area contributed by atoms with Gasteiger partial charge >= 0.3 is 0 Å². The van der Waals surface area contributed by atoms with Crippen LogP contribution in [-0.2, 0) is 19.5 Å². The van der Waals surface area contributed by atoms with Gasteiger partial charge in [0.05, 0.1) is 6.54 Å². The summed E-state index contributed by atoms with van der Waals surface area (Å²) in [6.45, 7) is 1.75. The summed E-state index contributed by atoms with van der Waals surface area (Å²) in [5.74, 6) is 1.19. The van der Waals surface area contributed by atoms with Gasteiger partial charge in [-0.05, 0) is 11.6 Å². The minimum absolute atomic E-state index is 0.247. The summed E-state index contributed by atoms with van der Waals surface area (Å²) in [6, 6.07) is 7.95. The second-order valence-electron chi connectivity index (χ2n) is 5.57. The molecule has 1 aliphatic rings. The van der Waals surface area contributed by atoms with E-state index in [0.29, 0.717) is 37.4 Å². The Kier molecular flexibility index (Phi) is 3.64. The monoisotopic (exact) mass is 328 g/mol. The summed E-state index contributed by atoms with van der Waals surface area (Å²) in [6.07, 6.45) is 1.59. The average Bonchev–Trinajstić information content (AvgIpc) is 2.99. The quantitative estimate of drug-likeness (QED) is 0.688. The van der Waals surface area contributed by atoms with Crippen molar-refractivity contribution in [2.75, 3.05) is 11.4 Å². The summed E-state index contributed by atoms with van der Waals surface area (Å²) in [4.78, 5) is 9.47. The maximum absolute atomic E-state index is 13.8. The van der Waals surface area contributed by atoms with Crippen LogP contribution >= 0.6 is 0 Å². The first-order valence-electron chi connectivity index (χ1n) is 7.57. The van der Waals surface area contributed by atoms with E-state index < -0.39 is 5.95 Å². The Hall–Kier alpha value is -2.90. The number of hydrogen-bond donors (Lipinski definition) is 0. The Balaban J connectivity index is 1.57. The van der Waals surface area contributed by atoms with Gasteiger partial charge in [-0.25, -0.2) is 14.4 Å². The Bertz CT molecular complexity index is 879. The number of aromatic nitrogens is 5. The summed E-state index contributed by atoms with van der Waals surface area (Å²) in [7, 11) is 0. The molecule has 0 unspecified atom stereocenters. The van der Waals surface area contributed by atoms with Crippen LogP contribution in [0.2, 0.25) is 0 Å².